The maximum atomic E-state index is 12.7. The number of likely N-dealkylation sites (N-methyl/N-ethyl adjacent to an activating group) is 2. The largest absolute Gasteiger partial charge is 0.342 e. The fourth-order valence-electron chi connectivity index (χ4n) is 3.95. The minimum atomic E-state index is -0.0716. The van der Waals surface area contributed by atoms with Gasteiger partial charge in [0.15, 0.2) is 0 Å². The highest BCUT2D eigenvalue weighted by molar-refractivity contribution is 5.93. The summed E-state index contributed by atoms with van der Waals surface area (Å²) in [6.45, 7) is 1.57. The zero-order chi connectivity index (χ0) is 23.2. The summed E-state index contributed by atoms with van der Waals surface area (Å²) in [5.41, 5.74) is 5.36. The van der Waals surface area contributed by atoms with E-state index in [1.54, 1.807) is 23.2 Å². The molecule has 2 amide bonds. The highest BCUT2D eigenvalue weighted by Gasteiger charge is 2.17. The average molecular weight is 441 g/mol. The number of nitrogens with one attached hydrogen (secondary N) is 1. The number of amides is 2. The van der Waals surface area contributed by atoms with Crippen LogP contribution >= 0.6 is 0 Å². The van der Waals surface area contributed by atoms with Crippen LogP contribution in [0.2, 0.25) is 0 Å². The molecule has 168 valence electrons. The number of benzene rings is 2. The Morgan fingerprint density at radius 1 is 1.12 bits per heavy atom. The van der Waals surface area contributed by atoms with Crippen molar-refractivity contribution in [2.45, 2.75) is 13.0 Å². The standard InChI is InChI=1S/C27H28N4O2/c1-30-18-23-16-20(17-28-27(23)29-25(32)19-30)12-13-26(33)31(2)15-14-22-10-6-7-11-24(22)21-8-4-3-5-9-21/h3-13,16-17H,14-15,18-19H2,1-2H3,(H,28,29,32)/b13-12+. The minimum absolute atomic E-state index is 0.0624. The number of pyridine rings is 1. The molecule has 33 heavy (non-hydrogen) atoms. The van der Waals surface area contributed by atoms with E-state index in [1.807, 2.05) is 55.4 Å². The van der Waals surface area contributed by atoms with Crippen molar-refractivity contribution < 1.29 is 9.59 Å². The van der Waals surface area contributed by atoms with Gasteiger partial charge in [0.25, 0.3) is 0 Å². The van der Waals surface area contributed by atoms with Gasteiger partial charge in [0.1, 0.15) is 5.82 Å². The second-order valence-corrected chi connectivity index (χ2v) is 8.36. The maximum Gasteiger partial charge on any atom is 0.246 e. The van der Waals surface area contributed by atoms with Gasteiger partial charge < -0.3 is 10.2 Å². The van der Waals surface area contributed by atoms with Crippen molar-refractivity contribution in [2.24, 2.45) is 0 Å². The van der Waals surface area contributed by atoms with E-state index < -0.39 is 0 Å². The van der Waals surface area contributed by atoms with Crippen LogP contribution in [0.3, 0.4) is 0 Å². The third-order valence-corrected chi connectivity index (χ3v) is 5.71. The van der Waals surface area contributed by atoms with E-state index in [0.717, 1.165) is 17.5 Å². The van der Waals surface area contributed by atoms with Crippen molar-refractivity contribution >= 4 is 23.7 Å². The van der Waals surface area contributed by atoms with Crippen molar-refractivity contribution in [3.05, 3.63) is 89.6 Å². The van der Waals surface area contributed by atoms with Crippen LogP contribution in [-0.2, 0) is 22.6 Å². The first-order valence-corrected chi connectivity index (χ1v) is 11.0. The average Bonchev–Trinajstić information content (AvgIpc) is 2.97. The number of anilines is 1. The smallest absolute Gasteiger partial charge is 0.246 e. The molecule has 6 nitrogen and oxygen atoms in total. The van der Waals surface area contributed by atoms with Gasteiger partial charge in [-0.05, 0) is 47.9 Å². The second-order valence-electron chi connectivity index (χ2n) is 8.36. The number of hydrogen-bond donors (Lipinski definition) is 1. The monoisotopic (exact) mass is 440 g/mol. The highest BCUT2D eigenvalue weighted by Crippen LogP contribution is 2.24. The van der Waals surface area contributed by atoms with Crippen LogP contribution in [0, 0.1) is 0 Å². The van der Waals surface area contributed by atoms with E-state index in [-0.39, 0.29) is 11.8 Å². The number of nitrogens with zero attached hydrogens (tertiary/aromatic N) is 3. The van der Waals surface area contributed by atoms with Crippen LogP contribution in [0.15, 0.2) is 72.9 Å². The molecule has 0 bridgehead atoms. The van der Waals surface area contributed by atoms with E-state index in [0.29, 0.717) is 25.5 Å². The van der Waals surface area contributed by atoms with E-state index >= 15 is 0 Å². The lowest BCUT2D eigenvalue weighted by Crippen LogP contribution is -2.27. The predicted molar refractivity (Wildman–Crippen MR) is 131 cm³/mol. The Morgan fingerprint density at radius 3 is 2.70 bits per heavy atom. The summed E-state index contributed by atoms with van der Waals surface area (Å²) in [5, 5.41) is 2.82. The summed E-state index contributed by atoms with van der Waals surface area (Å²) < 4.78 is 0. The topological polar surface area (TPSA) is 65.5 Å². The number of aromatic nitrogens is 1. The number of fused-ring (bicyclic) bond motifs is 1. The van der Waals surface area contributed by atoms with Gasteiger partial charge in [-0.15, -0.1) is 0 Å². The lowest BCUT2D eigenvalue weighted by Gasteiger charge is -2.17. The molecule has 0 fully saturated rings. The van der Waals surface area contributed by atoms with Gasteiger partial charge in [0.05, 0.1) is 6.54 Å². The van der Waals surface area contributed by atoms with Gasteiger partial charge in [-0.25, -0.2) is 4.98 Å². The molecule has 0 atom stereocenters. The zero-order valence-corrected chi connectivity index (χ0v) is 19.0. The Hall–Kier alpha value is -3.77. The van der Waals surface area contributed by atoms with Crippen molar-refractivity contribution in [3.8, 4) is 11.1 Å². The molecule has 0 unspecified atom stereocenters. The Kier molecular flexibility index (Phi) is 6.95. The van der Waals surface area contributed by atoms with Crippen LogP contribution in [0.25, 0.3) is 17.2 Å². The quantitative estimate of drug-likeness (QED) is 0.592. The van der Waals surface area contributed by atoms with Crippen LogP contribution in [-0.4, -0.2) is 53.8 Å². The van der Waals surface area contributed by atoms with Crippen molar-refractivity contribution in [3.63, 3.8) is 0 Å². The maximum absolute atomic E-state index is 12.7. The van der Waals surface area contributed by atoms with Crippen molar-refractivity contribution in [2.75, 3.05) is 32.5 Å². The highest BCUT2D eigenvalue weighted by atomic mass is 16.2. The molecule has 1 N–H and O–H groups in total. The predicted octanol–water partition coefficient (Wildman–Crippen LogP) is 3.85. The molecule has 0 saturated carbocycles. The van der Waals surface area contributed by atoms with Crippen molar-refractivity contribution in [1.29, 1.82) is 0 Å². The third-order valence-electron chi connectivity index (χ3n) is 5.71. The molecular formula is C27H28N4O2. The van der Waals surface area contributed by atoms with Gasteiger partial charge in [-0.1, -0.05) is 54.6 Å². The first-order valence-electron chi connectivity index (χ1n) is 11.0. The van der Waals surface area contributed by atoms with E-state index in [1.165, 1.54) is 16.7 Å². The van der Waals surface area contributed by atoms with Gasteiger partial charge >= 0.3 is 0 Å². The molecule has 1 aromatic heterocycles. The van der Waals surface area contributed by atoms with Gasteiger partial charge in [0, 0.05) is 38.0 Å². The summed E-state index contributed by atoms with van der Waals surface area (Å²) in [6, 6.07) is 20.6. The fraction of sp³-hybridized carbons (Fsp3) is 0.222. The SMILES string of the molecule is CN1CC(=O)Nc2ncc(/C=C/C(=O)N(C)CCc3ccccc3-c3ccccc3)cc2C1. The summed E-state index contributed by atoms with van der Waals surface area (Å²) in [6.07, 6.45) is 5.79. The molecule has 4 rings (SSSR count). The number of carbonyl (C=O) groups excluding carboxylic acids is 2. The van der Waals surface area contributed by atoms with Crippen molar-refractivity contribution in [1.82, 2.24) is 14.8 Å². The van der Waals surface area contributed by atoms with Gasteiger partial charge in [-0.3, -0.25) is 14.5 Å². The lowest BCUT2D eigenvalue weighted by molar-refractivity contribution is -0.124. The minimum Gasteiger partial charge on any atom is -0.342 e. The molecule has 0 radical (unpaired) electrons. The summed E-state index contributed by atoms with van der Waals surface area (Å²) >= 11 is 0. The third kappa shape index (κ3) is 5.73. The van der Waals surface area contributed by atoms with E-state index in [9.17, 15) is 9.59 Å². The Balaban J connectivity index is 1.40. The molecule has 1 aliphatic heterocycles. The molecule has 2 aromatic carbocycles. The number of carbonyl (C=O) groups is 2. The summed E-state index contributed by atoms with van der Waals surface area (Å²) in [5.74, 6) is 0.451. The van der Waals surface area contributed by atoms with E-state index in [4.69, 9.17) is 0 Å². The van der Waals surface area contributed by atoms with Gasteiger partial charge in [0.2, 0.25) is 11.8 Å². The second kappa shape index (κ2) is 10.2. The molecule has 3 aromatic rings. The molecular weight excluding hydrogens is 412 g/mol. The number of hydrogen-bond acceptors (Lipinski definition) is 4. The normalized spacial score (nSPS) is 13.9. The molecule has 6 heteroatoms. The van der Waals surface area contributed by atoms with Gasteiger partial charge in [-0.2, -0.15) is 0 Å². The Morgan fingerprint density at radius 2 is 1.88 bits per heavy atom. The first kappa shape index (κ1) is 22.4. The van der Waals surface area contributed by atoms with Crippen LogP contribution in [0.4, 0.5) is 5.82 Å². The molecule has 0 aliphatic carbocycles. The molecule has 2 heterocycles. The molecule has 0 spiro atoms. The number of rotatable bonds is 6. The molecule has 0 saturated heterocycles. The van der Waals surface area contributed by atoms with Crippen LogP contribution in [0.1, 0.15) is 16.7 Å². The fourth-order valence-corrected chi connectivity index (χ4v) is 3.95. The zero-order valence-electron chi connectivity index (χ0n) is 19.0. The Labute approximate surface area is 194 Å². The molecule has 1 aliphatic rings. The van der Waals surface area contributed by atoms with Crippen LogP contribution < -0.4 is 5.32 Å². The Bertz CT molecular complexity index is 1170. The summed E-state index contributed by atoms with van der Waals surface area (Å²) in [7, 11) is 3.71. The van der Waals surface area contributed by atoms with Crippen LogP contribution in [0.5, 0.6) is 0 Å². The first-order chi connectivity index (χ1) is 16.0. The lowest BCUT2D eigenvalue weighted by atomic mass is 9.97. The van der Waals surface area contributed by atoms with E-state index in [2.05, 4.69) is 34.6 Å². The summed E-state index contributed by atoms with van der Waals surface area (Å²) in [4.78, 5) is 32.5.